The van der Waals surface area contributed by atoms with Gasteiger partial charge in [0.1, 0.15) is 5.82 Å². The molecule has 0 fully saturated rings. The van der Waals surface area contributed by atoms with E-state index < -0.39 is 0 Å². The van der Waals surface area contributed by atoms with E-state index in [1.165, 1.54) is 23.8 Å². The van der Waals surface area contributed by atoms with Crippen molar-refractivity contribution < 1.29 is 9.53 Å². The Bertz CT molecular complexity index is 910. The zero-order valence-corrected chi connectivity index (χ0v) is 15.7. The molecule has 3 rings (SSSR count). The van der Waals surface area contributed by atoms with Crippen LogP contribution in [0.15, 0.2) is 54.9 Å². The van der Waals surface area contributed by atoms with Gasteiger partial charge in [0.2, 0.25) is 0 Å². The third kappa shape index (κ3) is 3.54. The Kier molecular flexibility index (Phi) is 5.21. The van der Waals surface area contributed by atoms with Gasteiger partial charge in [0, 0.05) is 24.9 Å². The monoisotopic (exact) mass is 348 g/mol. The molecule has 0 aliphatic rings. The van der Waals surface area contributed by atoms with Crippen molar-refractivity contribution in [3.05, 3.63) is 88.5 Å². The number of nitrogens with zero attached hydrogens (tertiary/aromatic N) is 2. The summed E-state index contributed by atoms with van der Waals surface area (Å²) in [6.07, 6.45) is 3.85. The number of hydrogen-bond donors (Lipinski definition) is 0. The van der Waals surface area contributed by atoms with Gasteiger partial charge >= 0.3 is 5.97 Å². The second kappa shape index (κ2) is 7.56. The van der Waals surface area contributed by atoms with Gasteiger partial charge in [-0.25, -0.2) is 9.78 Å². The Hall–Kier alpha value is -2.88. The van der Waals surface area contributed by atoms with Crippen molar-refractivity contribution in [1.29, 1.82) is 0 Å². The van der Waals surface area contributed by atoms with Crippen molar-refractivity contribution in [2.75, 3.05) is 7.11 Å². The zero-order chi connectivity index (χ0) is 18.7. The van der Waals surface area contributed by atoms with Crippen LogP contribution in [-0.2, 0) is 11.3 Å². The third-order valence-electron chi connectivity index (χ3n) is 4.98. The highest BCUT2D eigenvalue weighted by molar-refractivity contribution is 5.89. The van der Waals surface area contributed by atoms with Gasteiger partial charge in [0.15, 0.2) is 0 Å². The van der Waals surface area contributed by atoms with E-state index in [-0.39, 0.29) is 11.9 Å². The summed E-state index contributed by atoms with van der Waals surface area (Å²) in [5.74, 6) is 0.929. The fourth-order valence-corrected chi connectivity index (χ4v) is 3.28. The first kappa shape index (κ1) is 17.9. The Morgan fingerprint density at radius 2 is 1.88 bits per heavy atom. The van der Waals surface area contributed by atoms with Crippen LogP contribution in [0.3, 0.4) is 0 Å². The molecule has 0 bridgehead atoms. The fraction of sp³-hybridized carbons (Fsp3) is 0.273. The minimum atomic E-state index is -0.316. The number of carbonyl (C=O) groups excluding carboxylic acids is 1. The number of benzene rings is 2. The van der Waals surface area contributed by atoms with E-state index >= 15 is 0 Å². The number of aryl methyl sites for hydroxylation is 1. The SMILES string of the molecule is COC(=O)c1ccc(Cn2ccnc2[C@@H](C)c2cccc(C)c2C)cc1. The molecule has 0 aliphatic carbocycles. The molecule has 4 nitrogen and oxygen atoms in total. The van der Waals surface area contributed by atoms with Crippen LogP contribution in [0.2, 0.25) is 0 Å². The van der Waals surface area contributed by atoms with E-state index in [0.717, 1.165) is 11.4 Å². The quantitative estimate of drug-likeness (QED) is 0.638. The second-order valence-corrected chi connectivity index (χ2v) is 6.61. The van der Waals surface area contributed by atoms with Crippen molar-refractivity contribution in [1.82, 2.24) is 9.55 Å². The Balaban J connectivity index is 1.84. The Labute approximate surface area is 154 Å². The highest BCUT2D eigenvalue weighted by atomic mass is 16.5. The minimum Gasteiger partial charge on any atom is -0.465 e. The molecule has 3 aromatic rings. The lowest BCUT2D eigenvalue weighted by Gasteiger charge is -2.18. The second-order valence-electron chi connectivity index (χ2n) is 6.61. The molecule has 0 spiro atoms. The van der Waals surface area contributed by atoms with Crippen LogP contribution >= 0.6 is 0 Å². The van der Waals surface area contributed by atoms with Crippen LogP contribution in [-0.4, -0.2) is 22.6 Å². The molecular formula is C22H24N2O2. The van der Waals surface area contributed by atoms with E-state index in [0.29, 0.717) is 12.1 Å². The van der Waals surface area contributed by atoms with E-state index in [4.69, 9.17) is 4.74 Å². The summed E-state index contributed by atoms with van der Waals surface area (Å²) >= 11 is 0. The van der Waals surface area contributed by atoms with Crippen molar-refractivity contribution in [2.24, 2.45) is 0 Å². The molecule has 0 saturated carbocycles. The van der Waals surface area contributed by atoms with Crippen LogP contribution in [0.5, 0.6) is 0 Å². The average Bonchev–Trinajstić information content (AvgIpc) is 3.11. The highest BCUT2D eigenvalue weighted by Crippen LogP contribution is 2.27. The van der Waals surface area contributed by atoms with Gasteiger partial charge in [-0.15, -0.1) is 0 Å². The van der Waals surface area contributed by atoms with E-state index in [1.54, 1.807) is 12.1 Å². The predicted octanol–water partition coefficient (Wildman–Crippen LogP) is 4.49. The summed E-state index contributed by atoms with van der Waals surface area (Å²) in [4.78, 5) is 16.2. The van der Waals surface area contributed by atoms with Gasteiger partial charge < -0.3 is 9.30 Å². The van der Waals surface area contributed by atoms with Gasteiger partial charge in [0.25, 0.3) is 0 Å². The van der Waals surface area contributed by atoms with Crippen molar-refractivity contribution in [2.45, 2.75) is 33.2 Å². The molecule has 0 saturated heterocycles. The predicted molar refractivity (Wildman–Crippen MR) is 103 cm³/mol. The van der Waals surface area contributed by atoms with Crippen LogP contribution in [0, 0.1) is 13.8 Å². The van der Waals surface area contributed by atoms with Gasteiger partial charge in [-0.1, -0.05) is 37.3 Å². The van der Waals surface area contributed by atoms with Gasteiger partial charge in [0.05, 0.1) is 12.7 Å². The van der Waals surface area contributed by atoms with Crippen molar-refractivity contribution in [3.8, 4) is 0 Å². The van der Waals surface area contributed by atoms with Crippen molar-refractivity contribution >= 4 is 5.97 Å². The molecular weight excluding hydrogens is 324 g/mol. The summed E-state index contributed by atoms with van der Waals surface area (Å²) in [7, 11) is 1.39. The van der Waals surface area contributed by atoms with Crippen LogP contribution in [0.25, 0.3) is 0 Å². The standard InChI is InChI=1S/C22H24N2O2/c1-15-6-5-7-20(16(15)2)17(3)21-23-12-13-24(21)14-18-8-10-19(11-9-18)22(25)26-4/h5-13,17H,14H2,1-4H3/t17-/m0/s1. The highest BCUT2D eigenvalue weighted by Gasteiger charge is 2.17. The van der Waals surface area contributed by atoms with Crippen LogP contribution in [0.1, 0.15) is 51.3 Å². The molecule has 0 aliphatic heterocycles. The number of hydrogen-bond acceptors (Lipinski definition) is 3. The first-order valence-corrected chi connectivity index (χ1v) is 8.75. The van der Waals surface area contributed by atoms with Gasteiger partial charge in [-0.3, -0.25) is 0 Å². The maximum Gasteiger partial charge on any atom is 0.337 e. The summed E-state index contributed by atoms with van der Waals surface area (Å²) in [5, 5.41) is 0. The molecule has 1 aromatic heterocycles. The number of imidazole rings is 1. The summed E-state index contributed by atoms with van der Waals surface area (Å²) in [5.41, 5.74) is 5.59. The lowest BCUT2D eigenvalue weighted by Crippen LogP contribution is -2.10. The topological polar surface area (TPSA) is 44.1 Å². The maximum absolute atomic E-state index is 11.6. The van der Waals surface area contributed by atoms with E-state index in [9.17, 15) is 4.79 Å². The zero-order valence-electron chi connectivity index (χ0n) is 15.7. The molecule has 0 unspecified atom stereocenters. The third-order valence-corrected chi connectivity index (χ3v) is 4.98. The smallest absolute Gasteiger partial charge is 0.337 e. The fourth-order valence-electron chi connectivity index (χ4n) is 3.28. The van der Waals surface area contributed by atoms with Crippen molar-refractivity contribution in [3.63, 3.8) is 0 Å². The Morgan fingerprint density at radius 3 is 2.58 bits per heavy atom. The normalized spacial score (nSPS) is 12.0. The number of carbonyl (C=O) groups is 1. The molecule has 4 heteroatoms. The largest absolute Gasteiger partial charge is 0.465 e. The lowest BCUT2D eigenvalue weighted by atomic mass is 9.93. The number of rotatable bonds is 5. The number of methoxy groups -OCH3 is 1. The molecule has 2 aromatic carbocycles. The average molecular weight is 348 g/mol. The molecule has 26 heavy (non-hydrogen) atoms. The molecule has 134 valence electrons. The number of ether oxygens (including phenoxy) is 1. The summed E-state index contributed by atoms with van der Waals surface area (Å²) in [6.45, 7) is 7.22. The van der Waals surface area contributed by atoms with Gasteiger partial charge in [-0.2, -0.15) is 0 Å². The maximum atomic E-state index is 11.6. The summed E-state index contributed by atoms with van der Waals surface area (Å²) in [6, 6.07) is 13.9. The van der Waals surface area contributed by atoms with E-state index in [2.05, 4.69) is 48.5 Å². The van der Waals surface area contributed by atoms with Gasteiger partial charge in [-0.05, 0) is 48.2 Å². The first-order chi connectivity index (χ1) is 12.5. The molecule has 1 heterocycles. The molecule has 0 N–H and O–H groups in total. The molecule has 0 amide bonds. The molecule has 1 atom stereocenters. The number of esters is 1. The number of aromatic nitrogens is 2. The summed E-state index contributed by atoms with van der Waals surface area (Å²) < 4.78 is 6.91. The van der Waals surface area contributed by atoms with Crippen LogP contribution < -0.4 is 0 Å². The van der Waals surface area contributed by atoms with E-state index in [1.807, 2.05) is 24.5 Å². The molecule has 0 radical (unpaired) electrons. The first-order valence-electron chi connectivity index (χ1n) is 8.75. The van der Waals surface area contributed by atoms with Crippen LogP contribution in [0.4, 0.5) is 0 Å². The lowest BCUT2D eigenvalue weighted by molar-refractivity contribution is 0.0600. The minimum absolute atomic E-state index is 0.208. The Morgan fingerprint density at radius 1 is 1.15 bits per heavy atom.